The first-order valence-corrected chi connectivity index (χ1v) is 8.60. The minimum absolute atomic E-state index is 0.0364. The summed E-state index contributed by atoms with van der Waals surface area (Å²) >= 11 is 1.99. The summed E-state index contributed by atoms with van der Waals surface area (Å²) in [7, 11) is 0. The normalized spacial score (nSPS) is 10.2. The van der Waals surface area contributed by atoms with Crippen molar-refractivity contribution in [3.05, 3.63) is 62.1 Å². The van der Waals surface area contributed by atoms with Crippen LogP contribution in [0.3, 0.4) is 0 Å². The van der Waals surface area contributed by atoms with Gasteiger partial charge in [0, 0.05) is 9.77 Å². The second-order valence-electron chi connectivity index (χ2n) is 5.00. The number of benzene rings is 1. The van der Waals surface area contributed by atoms with Gasteiger partial charge in [-0.1, -0.05) is 30.3 Å². The molecule has 0 fully saturated rings. The number of halogens is 1. The van der Waals surface area contributed by atoms with E-state index >= 15 is 0 Å². The van der Waals surface area contributed by atoms with Gasteiger partial charge in [-0.05, 0) is 41.1 Å². The summed E-state index contributed by atoms with van der Waals surface area (Å²) in [5, 5.41) is 2.42. The summed E-state index contributed by atoms with van der Waals surface area (Å²) < 4.78 is 11.8. The highest BCUT2D eigenvalue weighted by molar-refractivity contribution is 14.1. The molecule has 1 amide bonds. The molecular formula is C17H17IN2O5. The molecule has 1 N–H and O–H groups in total. The third kappa shape index (κ3) is 5.89. The van der Waals surface area contributed by atoms with E-state index in [0.29, 0.717) is 3.57 Å². The van der Waals surface area contributed by atoms with Gasteiger partial charge in [0.15, 0.2) is 0 Å². The van der Waals surface area contributed by atoms with Crippen LogP contribution in [0.15, 0.2) is 47.4 Å². The third-order valence-electron chi connectivity index (χ3n) is 3.11. The third-order valence-corrected chi connectivity index (χ3v) is 3.70. The molecule has 132 valence electrons. The Kier molecular flexibility index (Phi) is 6.99. The molecule has 2 rings (SSSR count). The highest BCUT2D eigenvalue weighted by Crippen LogP contribution is 2.09. The van der Waals surface area contributed by atoms with Crippen LogP contribution < -0.4 is 10.9 Å². The smallest absolute Gasteiger partial charge is 0.412 e. The Morgan fingerprint density at radius 3 is 2.60 bits per heavy atom. The number of carbonyl (C=O) groups is 2. The van der Waals surface area contributed by atoms with E-state index in [1.165, 1.54) is 16.8 Å². The Morgan fingerprint density at radius 1 is 1.20 bits per heavy atom. The highest BCUT2D eigenvalue weighted by atomic mass is 127. The molecule has 7 nitrogen and oxygen atoms in total. The van der Waals surface area contributed by atoms with Crippen LogP contribution in [-0.4, -0.2) is 23.2 Å². The second kappa shape index (κ2) is 9.21. The summed E-state index contributed by atoms with van der Waals surface area (Å²) in [5.74, 6) is -0.524. The number of nitrogens with one attached hydrogen (secondary N) is 1. The molecule has 0 radical (unpaired) electrons. The van der Waals surface area contributed by atoms with Crippen molar-refractivity contribution < 1.29 is 19.1 Å². The van der Waals surface area contributed by atoms with Gasteiger partial charge in [-0.15, -0.1) is 0 Å². The predicted octanol–water partition coefficient (Wildman–Crippen LogP) is 2.76. The number of esters is 1. The van der Waals surface area contributed by atoms with Gasteiger partial charge in [0.25, 0.3) is 5.56 Å². The molecular weight excluding hydrogens is 439 g/mol. The van der Waals surface area contributed by atoms with Gasteiger partial charge in [0.2, 0.25) is 0 Å². The summed E-state index contributed by atoms with van der Waals surface area (Å²) in [6.45, 7) is 1.78. The fourth-order valence-electron chi connectivity index (χ4n) is 2.02. The molecule has 1 aromatic heterocycles. The van der Waals surface area contributed by atoms with Gasteiger partial charge in [0.05, 0.1) is 6.61 Å². The van der Waals surface area contributed by atoms with Crippen LogP contribution in [0, 0.1) is 3.57 Å². The average molecular weight is 456 g/mol. The first kappa shape index (κ1) is 19.0. The van der Waals surface area contributed by atoms with Crippen LogP contribution in [0.25, 0.3) is 0 Å². The van der Waals surface area contributed by atoms with Crippen molar-refractivity contribution in [2.75, 3.05) is 11.9 Å². The van der Waals surface area contributed by atoms with Crippen LogP contribution in [0.2, 0.25) is 0 Å². The number of ether oxygens (including phenoxy) is 2. The minimum Gasteiger partial charge on any atom is -0.465 e. The number of aromatic nitrogens is 1. The number of pyridine rings is 1. The van der Waals surface area contributed by atoms with E-state index in [1.54, 1.807) is 6.92 Å². The molecule has 0 saturated heterocycles. The Bertz CT molecular complexity index is 804. The molecule has 0 unspecified atom stereocenters. The maximum atomic E-state index is 12.4. The van der Waals surface area contributed by atoms with Gasteiger partial charge < -0.3 is 14.0 Å². The lowest BCUT2D eigenvalue weighted by molar-refractivity contribution is -0.143. The van der Waals surface area contributed by atoms with E-state index in [4.69, 9.17) is 9.47 Å². The molecule has 0 saturated carbocycles. The fraction of sp³-hybridized carbons (Fsp3) is 0.235. The molecule has 1 heterocycles. The second-order valence-corrected chi connectivity index (χ2v) is 6.24. The standard InChI is InChI=1S/C17H17IN2O5/c1-2-24-15(21)10-20-9-13(18)8-14(16(20)22)19-17(23)25-11-12-6-4-3-5-7-12/h3-9H,2,10-11H2,1H3,(H,19,23). The van der Waals surface area contributed by atoms with Gasteiger partial charge in [0.1, 0.15) is 18.8 Å². The molecule has 2 aromatic rings. The summed E-state index contributed by atoms with van der Waals surface area (Å²) in [6, 6.07) is 10.7. The van der Waals surface area contributed by atoms with Crippen LogP contribution >= 0.6 is 22.6 Å². The lowest BCUT2D eigenvalue weighted by atomic mass is 10.2. The topological polar surface area (TPSA) is 86.6 Å². The SMILES string of the molecule is CCOC(=O)Cn1cc(I)cc(NC(=O)OCc2ccccc2)c1=O. The molecule has 0 bridgehead atoms. The maximum Gasteiger partial charge on any atom is 0.412 e. The molecule has 0 spiro atoms. The summed E-state index contributed by atoms with van der Waals surface area (Å²) in [6.07, 6.45) is 0.769. The molecule has 0 aliphatic heterocycles. The number of hydrogen-bond acceptors (Lipinski definition) is 5. The van der Waals surface area contributed by atoms with Crippen molar-refractivity contribution in [2.24, 2.45) is 0 Å². The Morgan fingerprint density at radius 2 is 1.92 bits per heavy atom. The van der Waals surface area contributed by atoms with E-state index in [9.17, 15) is 14.4 Å². The summed E-state index contributed by atoms with van der Waals surface area (Å²) in [4.78, 5) is 35.8. The van der Waals surface area contributed by atoms with Crippen LogP contribution in [0.1, 0.15) is 12.5 Å². The number of rotatable bonds is 6. The molecule has 8 heteroatoms. The first-order chi connectivity index (χ1) is 12.0. The van der Waals surface area contributed by atoms with Gasteiger partial charge in [-0.3, -0.25) is 14.9 Å². The monoisotopic (exact) mass is 456 g/mol. The highest BCUT2D eigenvalue weighted by Gasteiger charge is 2.13. The zero-order valence-electron chi connectivity index (χ0n) is 13.5. The van der Waals surface area contributed by atoms with Gasteiger partial charge in [-0.2, -0.15) is 0 Å². The Hall–Kier alpha value is -2.36. The number of nitrogens with zero attached hydrogens (tertiary/aromatic N) is 1. The lowest BCUT2D eigenvalue weighted by Gasteiger charge is -2.10. The number of amides is 1. The average Bonchev–Trinajstić information content (AvgIpc) is 2.58. The van der Waals surface area contributed by atoms with Crippen molar-refractivity contribution >= 4 is 40.3 Å². The quantitative estimate of drug-likeness (QED) is 0.534. The molecule has 0 atom stereocenters. The minimum atomic E-state index is -0.745. The van der Waals surface area contributed by atoms with Crippen molar-refractivity contribution in [1.29, 1.82) is 0 Å². The number of carbonyl (C=O) groups excluding carboxylic acids is 2. The van der Waals surface area contributed by atoms with E-state index < -0.39 is 17.6 Å². The van der Waals surface area contributed by atoms with Gasteiger partial charge >= 0.3 is 12.1 Å². The van der Waals surface area contributed by atoms with Crippen LogP contribution in [0.4, 0.5) is 10.5 Å². The maximum absolute atomic E-state index is 12.4. The lowest BCUT2D eigenvalue weighted by Crippen LogP contribution is -2.29. The zero-order chi connectivity index (χ0) is 18.2. The zero-order valence-corrected chi connectivity index (χ0v) is 15.7. The van der Waals surface area contributed by atoms with Crippen molar-refractivity contribution in [1.82, 2.24) is 4.57 Å². The summed E-state index contributed by atoms with van der Waals surface area (Å²) in [5.41, 5.74) is 0.361. The predicted molar refractivity (Wildman–Crippen MR) is 100 cm³/mol. The molecule has 0 aliphatic carbocycles. The van der Waals surface area contributed by atoms with Gasteiger partial charge in [-0.25, -0.2) is 4.79 Å². The Balaban J connectivity index is 2.05. The molecule has 25 heavy (non-hydrogen) atoms. The van der Waals surface area contributed by atoms with Crippen molar-refractivity contribution in [3.8, 4) is 0 Å². The molecule has 1 aromatic carbocycles. The van der Waals surface area contributed by atoms with Crippen molar-refractivity contribution in [2.45, 2.75) is 20.1 Å². The van der Waals surface area contributed by atoms with E-state index in [-0.39, 0.29) is 25.4 Å². The fourth-order valence-corrected chi connectivity index (χ4v) is 2.67. The first-order valence-electron chi connectivity index (χ1n) is 7.53. The molecule has 0 aliphatic rings. The van der Waals surface area contributed by atoms with E-state index in [0.717, 1.165) is 5.56 Å². The van der Waals surface area contributed by atoms with Crippen LogP contribution in [-0.2, 0) is 27.4 Å². The number of anilines is 1. The van der Waals surface area contributed by atoms with Crippen molar-refractivity contribution in [3.63, 3.8) is 0 Å². The Labute approximate surface area is 158 Å². The van der Waals surface area contributed by atoms with Crippen LogP contribution in [0.5, 0.6) is 0 Å². The van der Waals surface area contributed by atoms with E-state index in [1.807, 2.05) is 52.9 Å². The number of hydrogen-bond donors (Lipinski definition) is 1. The largest absolute Gasteiger partial charge is 0.465 e. The van der Waals surface area contributed by atoms with E-state index in [2.05, 4.69) is 5.32 Å².